The van der Waals surface area contributed by atoms with Crippen LogP contribution in [-0.2, 0) is 0 Å². The summed E-state index contributed by atoms with van der Waals surface area (Å²) < 4.78 is 2.18. The monoisotopic (exact) mass is 488 g/mol. The number of imidazole rings is 1. The first-order valence-electron chi connectivity index (χ1n) is 13.5. The molecule has 0 fully saturated rings. The van der Waals surface area contributed by atoms with E-state index in [1.54, 1.807) is 0 Å². The van der Waals surface area contributed by atoms with Crippen molar-refractivity contribution >= 4 is 17.8 Å². The molecule has 3 aromatic heterocycles. The number of hydrogen-bond acceptors (Lipinski definition) is 3. The van der Waals surface area contributed by atoms with Gasteiger partial charge in [0.05, 0.1) is 11.4 Å². The number of benzene rings is 1. The summed E-state index contributed by atoms with van der Waals surface area (Å²) in [4.78, 5) is 9.80. The smallest absolute Gasteiger partial charge is 0.138 e. The van der Waals surface area contributed by atoms with Crippen molar-refractivity contribution in [2.45, 2.75) is 46.0 Å². The summed E-state index contributed by atoms with van der Waals surface area (Å²) in [6.45, 7) is 6.48. The summed E-state index contributed by atoms with van der Waals surface area (Å²) in [5, 5.41) is 5.98. The van der Waals surface area contributed by atoms with E-state index >= 15 is 0 Å². The Balaban J connectivity index is 1.50. The maximum Gasteiger partial charge on any atom is 0.138 e. The van der Waals surface area contributed by atoms with E-state index in [4.69, 9.17) is 9.97 Å². The Labute approximate surface area is 219 Å². The predicted molar refractivity (Wildman–Crippen MR) is 156 cm³/mol. The van der Waals surface area contributed by atoms with E-state index in [1.807, 2.05) is 19.1 Å². The second kappa shape index (κ2) is 12.0. The van der Waals surface area contributed by atoms with Crippen molar-refractivity contribution in [2.75, 3.05) is 13.1 Å². The average molecular weight is 489 g/mol. The number of nitrogens with zero attached hydrogens (tertiary/aromatic N) is 3. The van der Waals surface area contributed by atoms with E-state index in [1.165, 1.54) is 41.7 Å². The first kappa shape index (κ1) is 24.9. The molecule has 0 saturated heterocycles. The zero-order valence-corrected chi connectivity index (χ0v) is 22.0. The number of fused-ring (bicyclic) bond motifs is 2. The molecule has 0 amide bonds. The Morgan fingerprint density at radius 1 is 0.838 bits per heavy atom. The van der Waals surface area contributed by atoms with E-state index < -0.39 is 0 Å². The molecular formula is C33H36N4. The second-order valence-electron chi connectivity index (χ2n) is 9.74. The Morgan fingerprint density at radius 2 is 1.76 bits per heavy atom. The van der Waals surface area contributed by atoms with Crippen LogP contribution in [0.3, 0.4) is 0 Å². The quantitative estimate of drug-likeness (QED) is 0.279. The Morgan fingerprint density at radius 3 is 2.65 bits per heavy atom. The lowest BCUT2D eigenvalue weighted by molar-refractivity contribution is 0.600. The third-order valence-corrected chi connectivity index (χ3v) is 6.80. The van der Waals surface area contributed by atoms with Crippen LogP contribution < -0.4 is 15.8 Å². The third kappa shape index (κ3) is 5.98. The summed E-state index contributed by atoms with van der Waals surface area (Å²) in [5.74, 6) is 0. The minimum Gasteiger partial charge on any atom is -0.317 e. The molecule has 0 spiro atoms. The second-order valence-corrected chi connectivity index (χ2v) is 9.74. The number of aryl methyl sites for hydroxylation is 1. The van der Waals surface area contributed by atoms with E-state index in [2.05, 4.69) is 95.7 Å². The molecule has 3 heterocycles. The van der Waals surface area contributed by atoms with Gasteiger partial charge < -0.3 is 5.32 Å². The Kier molecular flexibility index (Phi) is 8.07. The van der Waals surface area contributed by atoms with Crippen LogP contribution in [0.5, 0.6) is 0 Å². The molecule has 37 heavy (non-hydrogen) atoms. The number of nitrogens with one attached hydrogen (secondary N) is 1. The predicted octanol–water partition coefficient (Wildman–Crippen LogP) is 5.99. The fraction of sp³-hybridized carbons (Fsp3) is 0.273. The van der Waals surface area contributed by atoms with Crippen molar-refractivity contribution in [3.63, 3.8) is 0 Å². The number of allylic oxidation sites excluding steroid dienone is 4. The fourth-order valence-corrected chi connectivity index (χ4v) is 4.92. The highest BCUT2D eigenvalue weighted by Crippen LogP contribution is 2.31. The summed E-state index contributed by atoms with van der Waals surface area (Å²) in [6, 6.07) is 19.0. The number of unbranched alkanes of at least 4 members (excludes halogenated alkanes) is 2. The summed E-state index contributed by atoms with van der Waals surface area (Å²) in [7, 11) is 0. The molecule has 0 atom stereocenters. The molecule has 4 nitrogen and oxygen atoms in total. The molecule has 1 aromatic carbocycles. The maximum atomic E-state index is 4.99. The molecule has 0 saturated carbocycles. The van der Waals surface area contributed by atoms with E-state index in [-0.39, 0.29) is 0 Å². The van der Waals surface area contributed by atoms with E-state index in [9.17, 15) is 0 Å². The molecular weight excluding hydrogens is 452 g/mol. The molecule has 4 aromatic rings. The molecule has 1 aliphatic rings. The van der Waals surface area contributed by atoms with Crippen LogP contribution in [0.2, 0.25) is 0 Å². The molecule has 0 aliphatic heterocycles. The topological polar surface area (TPSA) is 42.2 Å². The van der Waals surface area contributed by atoms with Gasteiger partial charge in [0.25, 0.3) is 0 Å². The van der Waals surface area contributed by atoms with Gasteiger partial charge >= 0.3 is 0 Å². The van der Waals surface area contributed by atoms with Gasteiger partial charge in [0.1, 0.15) is 11.3 Å². The minimum absolute atomic E-state index is 0.901. The van der Waals surface area contributed by atoms with Crippen molar-refractivity contribution in [1.29, 1.82) is 0 Å². The highest BCUT2D eigenvalue weighted by molar-refractivity contribution is 5.81. The maximum absolute atomic E-state index is 4.99. The van der Waals surface area contributed by atoms with Crippen molar-refractivity contribution in [3.05, 3.63) is 101 Å². The molecule has 0 unspecified atom stereocenters. The molecule has 5 rings (SSSR count). The lowest BCUT2D eigenvalue weighted by atomic mass is 10.0. The highest BCUT2D eigenvalue weighted by atomic mass is 15.0. The molecule has 0 bridgehead atoms. The first-order valence-corrected chi connectivity index (χ1v) is 13.5. The van der Waals surface area contributed by atoms with Crippen LogP contribution >= 0.6 is 0 Å². The lowest BCUT2D eigenvalue weighted by Crippen LogP contribution is -2.24. The van der Waals surface area contributed by atoms with E-state index in [0.29, 0.717) is 0 Å². The zero-order chi connectivity index (χ0) is 25.5. The van der Waals surface area contributed by atoms with Gasteiger partial charge in [0.15, 0.2) is 0 Å². The third-order valence-electron chi connectivity index (χ3n) is 6.80. The van der Waals surface area contributed by atoms with Crippen molar-refractivity contribution < 1.29 is 0 Å². The van der Waals surface area contributed by atoms with Crippen LogP contribution in [0.4, 0.5) is 0 Å². The molecule has 1 N–H and O–H groups in total. The normalized spacial score (nSPS) is 14.6. The summed E-state index contributed by atoms with van der Waals surface area (Å²) >= 11 is 0. The van der Waals surface area contributed by atoms with Crippen molar-refractivity contribution in [2.24, 2.45) is 0 Å². The SMILES string of the molecule is CCCNCCCCCC1=C/C=C/C=c2\ccc(-c3c(-c4cccc(C)n4)nc4ccccn34)cc2=C1. The molecule has 1 aliphatic carbocycles. The first-order chi connectivity index (χ1) is 18.2. The van der Waals surface area contributed by atoms with Crippen molar-refractivity contribution in [1.82, 2.24) is 19.7 Å². The van der Waals surface area contributed by atoms with Gasteiger partial charge in [-0.05, 0) is 92.0 Å². The number of aromatic nitrogens is 3. The standard InChI is InChI=1S/C33H36N4/c1-3-20-34-21-9-4-5-13-26-14-6-7-15-27-18-19-28(24-29(27)23-26)33-32(30-16-11-12-25(2)35-30)36-31-17-8-10-22-37(31)33/h6-8,10-12,14-19,22-24,34H,3-5,9,13,20-21H2,1-2H3/b7-6+,14-6?,15-7?,26-14?,26-23?,27-15+,29-23?. The van der Waals surface area contributed by atoms with Gasteiger partial charge in [-0.15, -0.1) is 0 Å². The lowest BCUT2D eigenvalue weighted by Gasteiger charge is -2.08. The van der Waals surface area contributed by atoms with Gasteiger partial charge in [-0.1, -0.05) is 68.0 Å². The average Bonchev–Trinajstić information content (AvgIpc) is 3.29. The molecule has 4 heteroatoms. The van der Waals surface area contributed by atoms with Gasteiger partial charge in [0.2, 0.25) is 0 Å². The van der Waals surface area contributed by atoms with Crippen LogP contribution in [-0.4, -0.2) is 27.5 Å². The van der Waals surface area contributed by atoms with Crippen LogP contribution in [0.1, 0.15) is 44.7 Å². The highest BCUT2D eigenvalue weighted by Gasteiger charge is 2.17. The van der Waals surface area contributed by atoms with Gasteiger partial charge in [-0.3, -0.25) is 9.38 Å². The minimum atomic E-state index is 0.901. The van der Waals surface area contributed by atoms with Crippen molar-refractivity contribution in [3.8, 4) is 22.6 Å². The number of hydrogen-bond donors (Lipinski definition) is 1. The van der Waals surface area contributed by atoms with Crippen LogP contribution in [0.15, 0.2) is 84.6 Å². The Hall–Kier alpha value is -3.76. The zero-order valence-electron chi connectivity index (χ0n) is 22.0. The molecule has 188 valence electrons. The van der Waals surface area contributed by atoms with Gasteiger partial charge in [-0.25, -0.2) is 4.98 Å². The van der Waals surface area contributed by atoms with Crippen LogP contribution in [0.25, 0.3) is 40.4 Å². The molecule has 0 radical (unpaired) electrons. The van der Waals surface area contributed by atoms with Gasteiger partial charge in [0, 0.05) is 17.5 Å². The van der Waals surface area contributed by atoms with E-state index in [0.717, 1.165) is 53.5 Å². The summed E-state index contributed by atoms with van der Waals surface area (Å²) in [5.41, 5.74) is 7.33. The number of pyridine rings is 2. The Bertz CT molecular complexity index is 1550. The van der Waals surface area contributed by atoms with Gasteiger partial charge in [-0.2, -0.15) is 0 Å². The summed E-state index contributed by atoms with van der Waals surface area (Å²) in [6.07, 6.45) is 19.2. The largest absolute Gasteiger partial charge is 0.317 e. The number of rotatable bonds is 10. The van der Waals surface area contributed by atoms with Crippen LogP contribution in [0, 0.1) is 6.92 Å². The fourth-order valence-electron chi connectivity index (χ4n) is 4.92.